The molecule has 162 valence electrons. The number of carbonyl (C=O) groups is 2. The van der Waals surface area contributed by atoms with E-state index in [0.717, 1.165) is 0 Å². The van der Waals surface area contributed by atoms with Crippen molar-refractivity contribution in [2.45, 2.75) is 6.04 Å². The van der Waals surface area contributed by atoms with Gasteiger partial charge in [-0.3, -0.25) is 9.59 Å². The molecule has 2 aliphatic rings. The van der Waals surface area contributed by atoms with Gasteiger partial charge in [0.2, 0.25) is 0 Å². The SMILES string of the molecule is CN(C)CCN1C(=O)C(=O)/C(=C(/O)c2ccc3c(c2)OCCO3)[C@@H]1c1cccc(O)c1. The van der Waals surface area contributed by atoms with Crippen LogP contribution in [0.3, 0.4) is 0 Å². The Morgan fingerprint density at radius 2 is 1.84 bits per heavy atom. The van der Waals surface area contributed by atoms with Crippen molar-refractivity contribution in [2.24, 2.45) is 0 Å². The molecule has 2 aromatic carbocycles. The van der Waals surface area contributed by atoms with Gasteiger partial charge in [0.25, 0.3) is 11.7 Å². The maximum Gasteiger partial charge on any atom is 0.295 e. The number of benzene rings is 2. The van der Waals surface area contributed by atoms with Gasteiger partial charge in [0.1, 0.15) is 24.7 Å². The molecule has 31 heavy (non-hydrogen) atoms. The minimum Gasteiger partial charge on any atom is -0.508 e. The number of aromatic hydroxyl groups is 1. The van der Waals surface area contributed by atoms with E-state index in [1.807, 2.05) is 19.0 Å². The summed E-state index contributed by atoms with van der Waals surface area (Å²) in [6, 6.07) is 10.4. The molecular formula is C23H24N2O6. The minimum atomic E-state index is -0.819. The summed E-state index contributed by atoms with van der Waals surface area (Å²) in [7, 11) is 3.74. The van der Waals surface area contributed by atoms with E-state index >= 15 is 0 Å². The molecule has 0 aromatic heterocycles. The molecule has 0 aliphatic carbocycles. The number of aliphatic hydroxyl groups excluding tert-OH is 1. The Bertz CT molecular complexity index is 1060. The van der Waals surface area contributed by atoms with E-state index < -0.39 is 17.7 Å². The second-order valence-electron chi connectivity index (χ2n) is 7.75. The van der Waals surface area contributed by atoms with Crippen LogP contribution in [-0.4, -0.2) is 72.1 Å². The normalized spacial score (nSPS) is 19.8. The molecule has 1 saturated heterocycles. The van der Waals surface area contributed by atoms with Gasteiger partial charge in [-0.1, -0.05) is 12.1 Å². The average Bonchev–Trinajstić information content (AvgIpc) is 3.01. The van der Waals surface area contributed by atoms with Gasteiger partial charge in [-0.05, 0) is 50.0 Å². The number of carbonyl (C=O) groups excluding carboxylic acids is 2. The molecule has 0 bridgehead atoms. The Balaban J connectivity index is 1.83. The van der Waals surface area contributed by atoms with Crippen molar-refractivity contribution in [1.82, 2.24) is 9.80 Å². The molecule has 8 nitrogen and oxygen atoms in total. The number of ether oxygens (including phenoxy) is 2. The highest BCUT2D eigenvalue weighted by atomic mass is 16.6. The van der Waals surface area contributed by atoms with E-state index in [1.165, 1.54) is 17.0 Å². The van der Waals surface area contributed by atoms with Gasteiger partial charge in [0.15, 0.2) is 11.5 Å². The predicted octanol–water partition coefficient (Wildman–Crippen LogP) is 2.15. The minimum absolute atomic E-state index is 0.00928. The van der Waals surface area contributed by atoms with E-state index in [1.54, 1.807) is 30.3 Å². The zero-order chi connectivity index (χ0) is 22.1. The predicted molar refractivity (Wildman–Crippen MR) is 113 cm³/mol. The molecule has 2 heterocycles. The summed E-state index contributed by atoms with van der Waals surface area (Å²) < 4.78 is 11.1. The van der Waals surface area contributed by atoms with E-state index in [4.69, 9.17) is 9.47 Å². The van der Waals surface area contributed by atoms with E-state index in [0.29, 0.717) is 42.4 Å². The van der Waals surface area contributed by atoms with E-state index in [9.17, 15) is 19.8 Å². The number of aliphatic hydroxyl groups is 1. The highest BCUT2D eigenvalue weighted by molar-refractivity contribution is 6.46. The summed E-state index contributed by atoms with van der Waals surface area (Å²) >= 11 is 0. The number of phenolic OH excluding ortho intramolecular Hbond substituents is 1. The van der Waals surface area contributed by atoms with Crippen LogP contribution in [0.25, 0.3) is 5.76 Å². The quantitative estimate of drug-likeness (QED) is 0.431. The Labute approximate surface area is 179 Å². The number of ketones is 1. The fourth-order valence-corrected chi connectivity index (χ4v) is 3.81. The van der Waals surface area contributed by atoms with Gasteiger partial charge in [-0.2, -0.15) is 0 Å². The Morgan fingerprint density at radius 1 is 1.10 bits per heavy atom. The highest BCUT2D eigenvalue weighted by Gasteiger charge is 2.46. The highest BCUT2D eigenvalue weighted by Crippen LogP contribution is 2.41. The third-order valence-electron chi connectivity index (χ3n) is 5.33. The Morgan fingerprint density at radius 3 is 2.55 bits per heavy atom. The Kier molecular flexibility index (Phi) is 5.56. The van der Waals surface area contributed by atoms with Gasteiger partial charge in [-0.25, -0.2) is 0 Å². The standard InChI is InChI=1S/C23H24N2O6/c1-24(2)8-9-25-20(14-4-3-5-16(26)12-14)19(22(28)23(25)29)21(27)15-6-7-17-18(13-15)31-11-10-30-17/h3-7,12-13,20,26-27H,8-11H2,1-2H3/b21-19+/t20-/m0/s1. The summed E-state index contributed by atoms with van der Waals surface area (Å²) in [5.74, 6) is -0.718. The molecule has 1 atom stereocenters. The average molecular weight is 424 g/mol. The molecule has 1 fully saturated rings. The van der Waals surface area contributed by atoms with Crippen LogP contribution in [0, 0.1) is 0 Å². The number of amides is 1. The lowest BCUT2D eigenvalue weighted by Gasteiger charge is -2.26. The number of likely N-dealkylation sites (tertiary alicyclic amines) is 1. The van der Waals surface area contributed by atoms with E-state index in [2.05, 4.69) is 0 Å². The molecule has 0 unspecified atom stereocenters. The molecular weight excluding hydrogens is 400 g/mol. The number of likely N-dealkylation sites (N-methyl/N-ethyl adjacent to an activating group) is 1. The lowest BCUT2D eigenvalue weighted by atomic mass is 9.95. The summed E-state index contributed by atoms with van der Waals surface area (Å²) in [5, 5.41) is 21.1. The van der Waals surface area contributed by atoms with Crippen LogP contribution in [0.2, 0.25) is 0 Å². The van der Waals surface area contributed by atoms with Crippen LogP contribution < -0.4 is 9.47 Å². The summed E-state index contributed by atoms with van der Waals surface area (Å²) in [4.78, 5) is 29.2. The maximum atomic E-state index is 13.0. The summed E-state index contributed by atoms with van der Waals surface area (Å²) in [5.41, 5.74) is 0.864. The number of rotatable bonds is 5. The lowest BCUT2D eigenvalue weighted by Crippen LogP contribution is -2.35. The number of Topliss-reactive ketones (excluding diaryl/α,β-unsaturated/α-hetero) is 1. The van der Waals surface area contributed by atoms with Crippen LogP contribution in [0.5, 0.6) is 17.2 Å². The number of nitrogens with zero attached hydrogens (tertiary/aromatic N) is 2. The summed E-state index contributed by atoms with van der Waals surface area (Å²) in [6.07, 6.45) is 0. The van der Waals surface area contributed by atoms with Crippen molar-refractivity contribution in [3.05, 3.63) is 59.2 Å². The van der Waals surface area contributed by atoms with Crippen LogP contribution in [-0.2, 0) is 9.59 Å². The van der Waals surface area contributed by atoms with Crippen LogP contribution >= 0.6 is 0 Å². The third-order valence-corrected chi connectivity index (χ3v) is 5.33. The second-order valence-corrected chi connectivity index (χ2v) is 7.75. The third kappa shape index (κ3) is 3.94. The Hall–Kier alpha value is -3.52. The van der Waals surface area contributed by atoms with Gasteiger partial charge in [0, 0.05) is 18.7 Å². The van der Waals surface area contributed by atoms with Crippen molar-refractivity contribution >= 4 is 17.4 Å². The maximum absolute atomic E-state index is 13.0. The van der Waals surface area contributed by atoms with Crippen molar-refractivity contribution in [1.29, 1.82) is 0 Å². The number of phenols is 1. The van der Waals surface area contributed by atoms with Gasteiger partial charge in [-0.15, -0.1) is 0 Å². The molecule has 0 saturated carbocycles. The largest absolute Gasteiger partial charge is 0.508 e. The smallest absolute Gasteiger partial charge is 0.295 e. The molecule has 1 amide bonds. The summed E-state index contributed by atoms with van der Waals surface area (Å²) in [6.45, 7) is 1.64. The van der Waals surface area contributed by atoms with E-state index in [-0.39, 0.29) is 23.6 Å². The molecule has 0 spiro atoms. The molecule has 2 aliphatic heterocycles. The van der Waals surface area contributed by atoms with Crippen molar-refractivity contribution < 1.29 is 29.3 Å². The fourth-order valence-electron chi connectivity index (χ4n) is 3.81. The second kappa shape index (κ2) is 8.31. The van der Waals surface area contributed by atoms with Gasteiger partial charge in [0.05, 0.1) is 11.6 Å². The molecule has 0 radical (unpaired) electrons. The molecule has 4 rings (SSSR count). The number of hydrogen-bond donors (Lipinski definition) is 2. The number of fused-ring (bicyclic) bond motifs is 1. The number of hydrogen-bond acceptors (Lipinski definition) is 7. The first-order valence-corrected chi connectivity index (χ1v) is 9.99. The molecule has 8 heteroatoms. The van der Waals surface area contributed by atoms with Gasteiger partial charge < -0.3 is 29.5 Å². The first kappa shape index (κ1) is 20.7. The molecule has 2 N–H and O–H groups in total. The molecule has 2 aromatic rings. The first-order valence-electron chi connectivity index (χ1n) is 9.99. The van der Waals surface area contributed by atoms with Crippen LogP contribution in [0.15, 0.2) is 48.0 Å². The van der Waals surface area contributed by atoms with Gasteiger partial charge >= 0.3 is 0 Å². The van der Waals surface area contributed by atoms with Crippen LogP contribution in [0.1, 0.15) is 17.2 Å². The zero-order valence-electron chi connectivity index (χ0n) is 17.4. The van der Waals surface area contributed by atoms with Crippen LogP contribution in [0.4, 0.5) is 0 Å². The monoisotopic (exact) mass is 424 g/mol. The lowest BCUT2D eigenvalue weighted by molar-refractivity contribution is -0.140. The first-order chi connectivity index (χ1) is 14.9. The fraction of sp³-hybridized carbons (Fsp3) is 0.304. The topological polar surface area (TPSA) is 99.5 Å². The van der Waals surface area contributed by atoms with Crippen molar-refractivity contribution in [3.8, 4) is 17.2 Å². The van der Waals surface area contributed by atoms with Crippen molar-refractivity contribution in [2.75, 3.05) is 40.4 Å². The van der Waals surface area contributed by atoms with Crippen molar-refractivity contribution in [3.63, 3.8) is 0 Å². The zero-order valence-corrected chi connectivity index (χ0v) is 17.4.